The molecule has 2 aromatic carbocycles. The van der Waals surface area contributed by atoms with Gasteiger partial charge in [-0.05, 0) is 49.2 Å². The van der Waals surface area contributed by atoms with Crippen LogP contribution in [0.3, 0.4) is 0 Å². The van der Waals surface area contributed by atoms with Gasteiger partial charge in [0.2, 0.25) is 5.91 Å². The summed E-state index contributed by atoms with van der Waals surface area (Å²) >= 11 is 0. The van der Waals surface area contributed by atoms with Gasteiger partial charge in [-0.15, -0.1) is 0 Å². The number of carbonyl (C=O) groups excluding carboxylic acids is 1. The standard InChI is InChI=1S/C18H22N2O2/c1-3-22-17-10-8-16(9-11-17)20-18(21)13-19-12-15-7-5-4-6-14(15)2/h4-11,19H,3,12-13H2,1-2H3,(H,20,21). The molecular weight excluding hydrogens is 276 g/mol. The van der Waals surface area contributed by atoms with Gasteiger partial charge >= 0.3 is 0 Å². The van der Waals surface area contributed by atoms with Crippen molar-refractivity contribution in [3.8, 4) is 5.75 Å². The molecule has 0 spiro atoms. The number of rotatable bonds is 7. The number of benzene rings is 2. The van der Waals surface area contributed by atoms with Crippen LogP contribution in [0.1, 0.15) is 18.1 Å². The van der Waals surface area contributed by atoms with E-state index < -0.39 is 0 Å². The molecule has 4 heteroatoms. The normalized spacial score (nSPS) is 10.3. The summed E-state index contributed by atoms with van der Waals surface area (Å²) in [4.78, 5) is 11.9. The lowest BCUT2D eigenvalue weighted by Gasteiger charge is -2.09. The minimum atomic E-state index is -0.0576. The van der Waals surface area contributed by atoms with Crippen LogP contribution in [0.4, 0.5) is 5.69 Å². The van der Waals surface area contributed by atoms with Crippen molar-refractivity contribution in [3.05, 3.63) is 59.7 Å². The Balaban J connectivity index is 1.77. The molecule has 2 aromatic rings. The van der Waals surface area contributed by atoms with Gasteiger partial charge in [-0.2, -0.15) is 0 Å². The van der Waals surface area contributed by atoms with Crippen molar-refractivity contribution in [2.24, 2.45) is 0 Å². The zero-order valence-electron chi connectivity index (χ0n) is 13.1. The maximum atomic E-state index is 11.9. The number of anilines is 1. The Hall–Kier alpha value is -2.33. The summed E-state index contributed by atoms with van der Waals surface area (Å²) in [6.07, 6.45) is 0. The first-order valence-corrected chi connectivity index (χ1v) is 7.47. The van der Waals surface area contributed by atoms with Crippen LogP contribution in [0.25, 0.3) is 0 Å². The lowest BCUT2D eigenvalue weighted by Crippen LogP contribution is -2.27. The van der Waals surface area contributed by atoms with Crippen molar-refractivity contribution in [2.45, 2.75) is 20.4 Å². The van der Waals surface area contributed by atoms with E-state index in [1.54, 1.807) is 0 Å². The summed E-state index contributed by atoms with van der Waals surface area (Å²) in [5.41, 5.74) is 3.20. The maximum Gasteiger partial charge on any atom is 0.238 e. The van der Waals surface area contributed by atoms with Crippen LogP contribution in [0.15, 0.2) is 48.5 Å². The highest BCUT2D eigenvalue weighted by molar-refractivity contribution is 5.92. The smallest absolute Gasteiger partial charge is 0.238 e. The van der Waals surface area contributed by atoms with Crippen LogP contribution in [-0.4, -0.2) is 19.1 Å². The van der Waals surface area contributed by atoms with Crippen LogP contribution in [0.5, 0.6) is 5.75 Å². The molecular formula is C18H22N2O2. The van der Waals surface area contributed by atoms with Gasteiger partial charge in [0, 0.05) is 12.2 Å². The molecule has 0 saturated carbocycles. The summed E-state index contributed by atoms with van der Waals surface area (Å²) < 4.78 is 5.37. The second-order valence-corrected chi connectivity index (χ2v) is 5.04. The second-order valence-electron chi connectivity index (χ2n) is 5.04. The van der Waals surface area contributed by atoms with Gasteiger partial charge in [0.1, 0.15) is 5.75 Å². The highest BCUT2D eigenvalue weighted by Gasteiger charge is 2.03. The lowest BCUT2D eigenvalue weighted by molar-refractivity contribution is -0.115. The molecule has 4 nitrogen and oxygen atoms in total. The summed E-state index contributed by atoms with van der Waals surface area (Å²) in [7, 11) is 0. The van der Waals surface area contributed by atoms with E-state index in [9.17, 15) is 4.79 Å². The van der Waals surface area contributed by atoms with Gasteiger partial charge in [0.15, 0.2) is 0 Å². The van der Waals surface area contributed by atoms with Gasteiger partial charge < -0.3 is 15.4 Å². The monoisotopic (exact) mass is 298 g/mol. The number of amides is 1. The van der Waals surface area contributed by atoms with Crippen LogP contribution in [-0.2, 0) is 11.3 Å². The molecule has 0 aliphatic carbocycles. The first kappa shape index (κ1) is 16.0. The van der Waals surface area contributed by atoms with E-state index in [0.29, 0.717) is 13.2 Å². The zero-order valence-corrected chi connectivity index (χ0v) is 13.1. The number of nitrogens with one attached hydrogen (secondary N) is 2. The Labute approximate surface area is 131 Å². The number of aryl methyl sites for hydroxylation is 1. The molecule has 0 fully saturated rings. The molecule has 0 radical (unpaired) electrons. The molecule has 0 saturated heterocycles. The third-order valence-electron chi connectivity index (χ3n) is 3.31. The van der Waals surface area contributed by atoms with E-state index in [4.69, 9.17) is 4.74 Å². The SMILES string of the molecule is CCOc1ccc(NC(=O)CNCc2ccccc2C)cc1. The molecule has 0 aromatic heterocycles. The molecule has 0 heterocycles. The van der Waals surface area contributed by atoms with E-state index >= 15 is 0 Å². The number of ether oxygens (including phenoxy) is 1. The van der Waals surface area contributed by atoms with E-state index in [1.807, 2.05) is 43.3 Å². The third kappa shape index (κ3) is 4.90. The van der Waals surface area contributed by atoms with E-state index in [0.717, 1.165) is 11.4 Å². The summed E-state index contributed by atoms with van der Waals surface area (Å²) in [6.45, 7) is 5.60. The molecule has 22 heavy (non-hydrogen) atoms. The molecule has 0 aliphatic heterocycles. The maximum absolute atomic E-state index is 11.9. The molecule has 0 unspecified atom stereocenters. The third-order valence-corrected chi connectivity index (χ3v) is 3.31. The summed E-state index contributed by atoms with van der Waals surface area (Å²) in [5.74, 6) is 0.746. The van der Waals surface area contributed by atoms with Gasteiger partial charge in [-0.1, -0.05) is 24.3 Å². The molecule has 2 N–H and O–H groups in total. The molecule has 116 valence electrons. The Bertz CT molecular complexity index is 609. The van der Waals surface area contributed by atoms with Crippen molar-refractivity contribution in [2.75, 3.05) is 18.5 Å². The van der Waals surface area contributed by atoms with Gasteiger partial charge in [0.25, 0.3) is 0 Å². The average Bonchev–Trinajstić information content (AvgIpc) is 2.51. The largest absolute Gasteiger partial charge is 0.494 e. The van der Waals surface area contributed by atoms with E-state index in [2.05, 4.69) is 29.7 Å². The van der Waals surface area contributed by atoms with Crippen molar-refractivity contribution in [3.63, 3.8) is 0 Å². The van der Waals surface area contributed by atoms with Gasteiger partial charge in [0.05, 0.1) is 13.2 Å². The van der Waals surface area contributed by atoms with Gasteiger partial charge in [-0.3, -0.25) is 4.79 Å². The Morgan fingerprint density at radius 2 is 1.82 bits per heavy atom. The Kier molecular flexibility index (Phi) is 5.98. The number of hydrogen-bond donors (Lipinski definition) is 2. The van der Waals surface area contributed by atoms with Crippen molar-refractivity contribution >= 4 is 11.6 Å². The first-order chi connectivity index (χ1) is 10.7. The van der Waals surface area contributed by atoms with Crippen molar-refractivity contribution in [1.29, 1.82) is 0 Å². The Morgan fingerprint density at radius 3 is 2.50 bits per heavy atom. The fourth-order valence-corrected chi connectivity index (χ4v) is 2.13. The molecule has 0 aliphatic rings. The fourth-order valence-electron chi connectivity index (χ4n) is 2.13. The zero-order chi connectivity index (χ0) is 15.8. The van der Waals surface area contributed by atoms with Crippen molar-refractivity contribution < 1.29 is 9.53 Å². The van der Waals surface area contributed by atoms with Crippen LogP contribution >= 0.6 is 0 Å². The van der Waals surface area contributed by atoms with Crippen molar-refractivity contribution in [1.82, 2.24) is 5.32 Å². The fraction of sp³-hybridized carbons (Fsp3) is 0.278. The highest BCUT2D eigenvalue weighted by Crippen LogP contribution is 2.15. The first-order valence-electron chi connectivity index (χ1n) is 7.47. The molecule has 0 bridgehead atoms. The summed E-state index contributed by atoms with van der Waals surface area (Å²) in [5, 5.41) is 6.01. The predicted molar refractivity (Wildman–Crippen MR) is 89.1 cm³/mol. The Morgan fingerprint density at radius 1 is 1.09 bits per heavy atom. The van der Waals surface area contributed by atoms with Gasteiger partial charge in [-0.25, -0.2) is 0 Å². The highest BCUT2D eigenvalue weighted by atomic mass is 16.5. The van der Waals surface area contributed by atoms with Crippen LogP contribution < -0.4 is 15.4 Å². The van der Waals surface area contributed by atoms with Crippen LogP contribution in [0.2, 0.25) is 0 Å². The molecule has 2 rings (SSSR count). The number of carbonyl (C=O) groups is 1. The topological polar surface area (TPSA) is 50.4 Å². The summed E-state index contributed by atoms with van der Waals surface area (Å²) in [6, 6.07) is 15.5. The van der Waals surface area contributed by atoms with E-state index in [-0.39, 0.29) is 12.5 Å². The molecule has 0 atom stereocenters. The minimum Gasteiger partial charge on any atom is -0.494 e. The average molecular weight is 298 g/mol. The molecule has 1 amide bonds. The quantitative estimate of drug-likeness (QED) is 0.825. The number of hydrogen-bond acceptors (Lipinski definition) is 3. The second kappa shape index (κ2) is 8.20. The lowest BCUT2D eigenvalue weighted by atomic mass is 10.1. The van der Waals surface area contributed by atoms with E-state index in [1.165, 1.54) is 11.1 Å². The predicted octanol–water partition coefficient (Wildman–Crippen LogP) is 3.12. The minimum absolute atomic E-state index is 0.0576. The van der Waals surface area contributed by atoms with Crippen LogP contribution in [0, 0.1) is 6.92 Å².